The lowest BCUT2D eigenvalue weighted by molar-refractivity contribution is -0.145. The van der Waals surface area contributed by atoms with Gasteiger partial charge in [0.1, 0.15) is 5.75 Å². The van der Waals surface area contributed by atoms with Crippen molar-refractivity contribution in [2.24, 2.45) is 0 Å². The molecule has 30 heavy (non-hydrogen) atoms. The highest BCUT2D eigenvalue weighted by Crippen LogP contribution is 2.34. The smallest absolute Gasteiger partial charge is 0.344 e. The number of hydrogen-bond acceptors (Lipinski definition) is 7. The molecule has 0 amide bonds. The van der Waals surface area contributed by atoms with Crippen LogP contribution in [0.4, 0.5) is 0 Å². The van der Waals surface area contributed by atoms with Gasteiger partial charge in [-0.3, -0.25) is 0 Å². The molecule has 2 N–H and O–H groups in total. The number of aliphatic hydroxyl groups excluding tert-OH is 1. The molecule has 0 bridgehead atoms. The largest absolute Gasteiger partial charge is 0.482 e. The van der Waals surface area contributed by atoms with Crippen molar-refractivity contribution in [2.75, 3.05) is 26.6 Å². The average Bonchev–Trinajstić information content (AvgIpc) is 3.24. The Kier molecular flexibility index (Phi) is 6.40. The van der Waals surface area contributed by atoms with Gasteiger partial charge in [-0.15, -0.1) is 0 Å². The summed E-state index contributed by atoms with van der Waals surface area (Å²) < 4.78 is 21.2. The van der Waals surface area contributed by atoms with Crippen molar-refractivity contribution >= 4 is 5.97 Å². The van der Waals surface area contributed by atoms with Gasteiger partial charge in [-0.1, -0.05) is 12.1 Å². The quantitative estimate of drug-likeness (QED) is 0.643. The Balaban J connectivity index is 1.31. The van der Waals surface area contributed by atoms with E-state index >= 15 is 0 Å². The molecule has 0 spiro atoms. The molecule has 0 radical (unpaired) electrons. The molecule has 2 aromatic rings. The topological polar surface area (TPSA) is 86.3 Å². The molecular weight excluding hydrogens is 386 g/mol. The minimum absolute atomic E-state index is 0.0873. The summed E-state index contributed by atoms with van der Waals surface area (Å²) in [6, 6.07) is 11.7. The van der Waals surface area contributed by atoms with Crippen molar-refractivity contribution in [1.82, 2.24) is 5.32 Å². The minimum atomic E-state index is -0.625. The second kappa shape index (κ2) is 9.36. The highest BCUT2D eigenvalue weighted by Gasteiger charge is 2.21. The normalized spacial score (nSPS) is 17.9. The Hall–Kier alpha value is -2.77. The Bertz CT molecular complexity index is 899. The van der Waals surface area contributed by atoms with Crippen LogP contribution in [0.25, 0.3) is 0 Å². The molecule has 7 nitrogen and oxygen atoms in total. The first kappa shape index (κ1) is 20.5. The van der Waals surface area contributed by atoms with Crippen LogP contribution in [0, 0.1) is 0 Å². The van der Waals surface area contributed by atoms with Crippen molar-refractivity contribution in [3.05, 3.63) is 53.1 Å². The summed E-state index contributed by atoms with van der Waals surface area (Å²) in [6.45, 7) is 2.71. The molecule has 0 fully saturated rings. The van der Waals surface area contributed by atoms with E-state index in [-0.39, 0.29) is 25.4 Å². The molecule has 1 heterocycles. The number of esters is 1. The van der Waals surface area contributed by atoms with E-state index in [1.54, 1.807) is 6.92 Å². The summed E-state index contributed by atoms with van der Waals surface area (Å²) >= 11 is 0. The lowest BCUT2D eigenvalue weighted by Crippen LogP contribution is -2.37. The fraction of sp³-hybridized carbons (Fsp3) is 0.435. The predicted molar refractivity (Wildman–Crippen MR) is 110 cm³/mol. The molecule has 2 atom stereocenters. The summed E-state index contributed by atoms with van der Waals surface area (Å²) in [5, 5.41) is 14.0. The first-order valence-electron chi connectivity index (χ1n) is 10.3. The number of nitrogens with one attached hydrogen (secondary N) is 1. The van der Waals surface area contributed by atoms with Crippen LogP contribution >= 0.6 is 0 Å². The van der Waals surface area contributed by atoms with E-state index in [9.17, 15) is 9.90 Å². The van der Waals surface area contributed by atoms with E-state index in [4.69, 9.17) is 18.9 Å². The number of aliphatic hydroxyl groups is 1. The summed E-state index contributed by atoms with van der Waals surface area (Å²) in [7, 11) is 0. The lowest BCUT2D eigenvalue weighted by atomic mass is 9.88. The van der Waals surface area contributed by atoms with Crippen LogP contribution < -0.4 is 19.5 Å². The zero-order valence-electron chi connectivity index (χ0n) is 17.1. The highest BCUT2D eigenvalue weighted by molar-refractivity contribution is 5.71. The molecular formula is C23H27NO6. The van der Waals surface area contributed by atoms with E-state index in [1.165, 1.54) is 11.1 Å². The van der Waals surface area contributed by atoms with Gasteiger partial charge in [-0.25, -0.2) is 4.79 Å². The number of carbonyl (C=O) groups excluding carboxylic acids is 1. The third-order valence-corrected chi connectivity index (χ3v) is 5.45. The molecule has 2 aliphatic rings. The standard InChI is InChI=1S/C23H27NO6/c1-2-27-23(26)13-28-19-7-4-15-3-6-18(9-17(15)10-19)24-12-20(25)16-5-8-21-22(11-16)30-14-29-21/h4-5,7-8,10-11,18,20,24-25H,2-3,6,9,12-14H2,1H3/t18-,20+/m0/s1. The van der Waals surface area contributed by atoms with Gasteiger partial charge in [0.25, 0.3) is 0 Å². The van der Waals surface area contributed by atoms with E-state index < -0.39 is 6.10 Å². The number of hydrogen-bond donors (Lipinski definition) is 2. The van der Waals surface area contributed by atoms with Gasteiger partial charge >= 0.3 is 5.97 Å². The van der Waals surface area contributed by atoms with Crippen LogP contribution in [0.5, 0.6) is 17.2 Å². The Morgan fingerprint density at radius 1 is 1.20 bits per heavy atom. The Morgan fingerprint density at radius 2 is 2.07 bits per heavy atom. The van der Waals surface area contributed by atoms with Gasteiger partial charge in [0.15, 0.2) is 18.1 Å². The van der Waals surface area contributed by atoms with Crippen molar-refractivity contribution in [3.8, 4) is 17.2 Å². The maximum absolute atomic E-state index is 11.5. The fourth-order valence-electron chi connectivity index (χ4n) is 3.86. The van der Waals surface area contributed by atoms with Crippen LogP contribution in [0.15, 0.2) is 36.4 Å². The number of rotatable bonds is 8. The van der Waals surface area contributed by atoms with Gasteiger partial charge in [0, 0.05) is 12.6 Å². The van der Waals surface area contributed by atoms with E-state index in [1.807, 2.05) is 30.3 Å². The van der Waals surface area contributed by atoms with Gasteiger partial charge in [0.2, 0.25) is 6.79 Å². The van der Waals surface area contributed by atoms with Gasteiger partial charge in [-0.05, 0) is 67.1 Å². The zero-order valence-corrected chi connectivity index (χ0v) is 17.1. The van der Waals surface area contributed by atoms with Gasteiger partial charge in [0.05, 0.1) is 12.7 Å². The number of aryl methyl sites for hydroxylation is 1. The number of carbonyl (C=O) groups is 1. The fourth-order valence-corrected chi connectivity index (χ4v) is 3.86. The van der Waals surface area contributed by atoms with Gasteiger partial charge < -0.3 is 29.4 Å². The molecule has 0 saturated carbocycles. The van der Waals surface area contributed by atoms with Crippen LogP contribution in [0.2, 0.25) is 0 Å². The van der Waals surface area contributed by atoms with Crippen LogP contribution in [0.1, 0.15) is 36.1 Å². The summed E-state index contributed by atoms with van der Waals surface area (Å²) in [6.07, 6.45) is 2.19. The first-order valence-corrected chi connectivity index (χ1v) is 10.3. The molecule has 4 rings (SSSR count). The van der Waals surface area contributed by atoms with Gasteiger partial charge in [-0.2, -0.15) is 0 Å². The number of fused-ring (bicyclic) bond motifs is 2. The minimum Gasteiger partial charge on any atom is -0.482 e. The molecule has 0 unspecified atom stereocenters. The van der Waals surface area contributed by atoms with E-state index in [0.717, 1.165) is 24.8 Å². The molecule has 0 saturated heterocycles. The van der Waals surface area contributed by atoms with E-state index in [0.29, 0.717) is 30.4 Å². The van der Waals surface area contributed by atoms with Crippen molar-refractivity contribution < 1.29 is 28.8 Å². The van der Waals surface area contributed by atoms with Crippen molar-refractivity contribution in [3.63, 3.8) is 0 Å². The third-order valence-electron chi connectivity index (χ3n) is 5.45. The average molecular weight is 413 g/mol. The Labute approximate surface area is 175 Å². The van der Waals surface area contributed by atoms with Crippen LogP contribution in [-0.4, -0.2) is 43.7 Å². The summed E-state index contributed by atoms with van der Waals surface area (Å²) in [5.41, 5.74) is 3.31. The number of ether oxygens (including phenoxy) is 4. The third kappa shape index (κ3) is 4.86. The lowest BCUT2D eigenvalue weighted by Gasteiger charge is -2.27. The van der Waals surface area contributed by atoms with Crippen LogP contribution in [0.3, 0.4) is 0 Å². The molecule has 7 heteroatoms. The maximum atomic E-state index is 11.5. The number of benzene rings is 2. The SMILES string of the molecule is CCOC(=O)COc1ccc2c(c1)C[C@@H](NC[C@@H](O)c1ccc3c(c1)OCO3)CC2. The summed E-state index contributed by atoms with van der Waals surface area (Å²) in [4.78, 5) is 11.5. The maximum Gasteiger partial charge on any atom is 0.344 e. The predicted octanol–water partition coefficient (Wildman–Crippen LogP) is 2.54. The van der Waals surface area contributed by atoms with Crippen molar-refractivity contribution in [1.29, 1.82) is 0 Å². The Morgan fingerprint density at radius 3 is 2.93 bits per heavy atom. The molecule has 1 aliphatic heterocycles. The monoisotopic (exact) mass is 413 g/mol. The summed E-state index contributed by atoms with van der Waals surface area (Å²) in [5.74, 6) is 1.69. The second-order valence-electron chi connectivity index (χ2n) is 7.50. The van der Waals surface area contributed by atoms with Crippen molar-refractivity contribution in [2.45, 2.75) is 38.3 Å². The molecule has 2 aromatic carbocycles. The first-order chi connectivity index (χ1) is 14.6. The molecule has 160 valence electrons. The van der Waals surface area contributed by atoms with Crippen LogP contribution in [-0.2, 0) is 22.4 Å². The molecule has 1 aliphatic carbocycles. The molecule has 0 aromatic heterocycles. The second-order valence-corrected chi connectivity index (χ2v) is 7.50. The van der Waals surface area contributed by atoms with E-state index in [2.05, 4.69) is 11.4 Å². The highest BCUT2D eigenvalue weighted by atomic mass is 16.7. The zero-order chi connectivity index (χ0) is 20.9.